The molecular formula is C17H27N3. The van der Waals surface area contributed by atoms with E-state index in [0.29, 0.717) is 5.71 Å². The van der Waals surface area contributed by atoms with Gasteiger partial charge in [0.25, 0.3) is 0 Å². The van der Waals surface area contributed by atoms with E-state index >= 15 is 0 Å². The summed E-state index contributed by atoms with van der Waals surface area (Å²) >= 11 is 0. The quantitative estimate of drug-likeness (QED) is 0.468. The van der Waals surface area contributed by atoms with Crippen LogP contribution in [-0.2, 0) is 0 Å². The van der Waals surface area contributed by atoms with Gasteiger partial charge in [0.15, 0.2) is 0 Å². The molecule has 1 atom stereocenters. The summed E-state index contributed by atoms with van der Waals surface area (Å²) in [5.74, 6) is 0. The highest BCUT2D eigenvalue weighted by molar-refractivity contribution is 5.96. The molecule has 110 valence electrons. The molecule has 1 unspecified atom stereocenters. The standard InChI is InChI=1S/C17H27N3/c1-12(2)5-10-17(19)14(4)20-11-15-6-8-16(9-7-15)13(3)18/h6,8,17-18,20H,1,4-5,7,9-11,19H2,2-3H3. The summed E-state index contributed by atoms with van der Waals surface area (Å²) < 4.78 is 0. The first kappa shape index (κ1) is 16.4. The van der Waals surface area contributed by atoms with Crippen LogP contribution in [0.2, 0.25) is 0 Å². The predicted molar refractivity (Wildman–Crippen MR) is 88.0 cm³/mol. The number of allylic oxidation sites excluding steroid dienone is 4. The molecule has 1 rings (SSSR count). The van der Waals surface area contributed by atoms with E-state index < -0.39 is 0 Å². The van der Waals surface area contributed by atoms with Crippen LogP contribution in [0.3, 0.4) is 0 Å². The van der Waals surface area contributed by atoms with Gasteiger partial charge in [0, 0.05) is 24.0 Å². The summed E-state index contributed by atoms with van der Waals surface area (Å²) in [4.78, 5) is 0. The summed E-state index contributed by atoms with van der Waals surface area (Å²) in [6.45, 7) is 12.6. The zero-order valence-electron chi connectivity index (χ0n) is 12.8. The van der Waals surface area contributed by atoms with Crippen molar-refractivity contribution in [1.82, 2.24) is 5.32 Å². The van der Waals surface area contributed by atoms with Gasteiger partial charge >= 0.3 is 0 Å². The molecule has 20 heavy (non-hydrogen) atoms. The number of hydrogen-bond acceptors (Lipinski definition) is 3. The van der Waals surface area contributed by atoms with E-state index in [-0.39, 0.29) is 6.04 Å². The maximum atomic E-state index is 7.61. The van der Waals surface area contributed by atoms with Crippen LogP contribution in [0.4, 0.5) is 0 Å². The van der Waals surface area contributed by atoms with Gasteiger partial charge in [0.1, 0.15) is 0 Å². The second-order valence-electron chi connectivity index (χ2n) is 5.62. The molecule has 1 aliphatic carbocycles. The number of nitrogens with two attached hydrogens (primary N) is 1. The SMILES string of the molecule is C=C(C)CCC(N)C(=C)NCC1=CC=C(C(C)=N)CC1. The maximum Gasteiger partial charge on any atom is 0.0441 e. The topological polar surface area (TPSA) is 61.9 Å². The van der Waals surface area contributed by atoms with E-state index in [2.05, 4.69) is 24.6 Å². The van der Waals surface area contributed by atoms with Gasteiger partial charge in [-0.05, 0) is 45.1 Å². The van der Waals surface area contributed by atoms with Crippen LogP contribution in [0.5, 0.6) is 0 Å². The summed E-state index contributed by atoms with van der Waals surface area (Å²) in [7, 11) is 0. The first-order valence-corrected chi connectivity index (χ1v) is 7.17. The van der Waals surface area contributed by atoms with Crippen LogP contribution < -0.4 is 11.1 Å². The lowest BCUT2D eigenvalue weighted by Crippen LogP contribution is -2.32. The van der Waals surface area contributed by atoms with Crippen molar-refractivity contribution >= 4 is 5.71 Å². The second-order valence-corrected chi connectivity index (χ2v) is 5.62. The molecule has 3 nitrogen and oxygen atoms in total. The molecule has 0 heterocycles. The van der Waals surface area contributed by atoms with E-state index in [9.17, 15) is 0 Å². The van der Waals surface area contributed by atoms with Crippen molar-refractivity contribution in [3.05, 3.63) is 47.7 Å². The van der Waals surface area contributed by atoms with Gasteiger partial charge in [-0.15, -0.1) is 6.58 Å². The lowest BCUT2D eigenvalue weighted by Gasteiger charge is -2.19. The third-order valence-electron chi connectivity index (χ3n) is 3.59. The fraction of sp³-hybridized carbons (Fsp3) is 0.471. The highest BCUT2D eigenvalue weighted by Crippen LogP contribution is 2.19. The van der Waals surface area contributed by atoms with E-state index in [1.807, 2.05) is 19.9 Å². The van der Waals surface area contributed by atoms with Crippen molar-refractivity contribution in [1.29, 1.82) is 5.41 Å². The van der Waals surface area contributed by atoms with E-state index in [1.54, 1.807) is 0 Å². The van der Waals surface area contributed by atoms with Crippen molar-refractivity contribution < 1.29 is 0 Å². The molecule has 0 fully saturated rings. The van der Waals surface area contributed by atoms with Crippen LogP contribution in [0.1, 0.15) is 39.5 Å². The van der Waals surface area contributed by atoms with Crippen LogP contribution in [0.15, 0.2) is 47.7 Å². The fourth-order valence-corrected chi connectivity index (χ4v) is 2.07. The minimum absolute atomic E-state index is 0.0224. The Bertz CT molecular complexity index is 455. The Kier molecular flexibility index (Phi) is 6.46. The zero-order valence-corrected chi connectivity index (χ0v) is 12.8. The monoisotopic (exact) mass is 273 g/mol. The minimum Gasteiger partial charge on any atom is -0.384 e. The number of nitrogens with one attached hydrogen (secondary N) is 2. The Labute approximate surface area is 122 Å². The molecule has 0 amide bonds. The molecule has 0 saturated carbocycles. The van der Waals surface area contributed by atoms with Crippen molar-refractivity contribution in [3.63, 3.8) is 0 Å². The molecule has 1 aliphatic rings. The van der Waals surface area contributed by atoms with Crippen LogP contribution >= 0.6 is 0 Å². The number of hydrogen-bond donors (Lipinski definition) is 3. The van der Waals surface area contributed by atoms with Crippen LogP contribution in [0.25, 0.3) is 0 Å². The molecule has 0 aromatic heterocycles. The van der Waals surface area contributed by atoms with Crippen LogP contribution in [0, 0.1) is 5.41 Å². The van der Waals surface area contributed by atoms with E-state index in [1.165, 1.54) is 5.57 Å². The minimum atomic E-state index is -0.0224. The highest BCUT2D eigenvalue weighted by Gasteiger charge is 2.10. The maximum absolute atomic E-state index is 7.61. The lowest BCUT2D eigenvalue weighted by molar-refractivity contribution is 0.633. The van der Waals surface area contributed by atoms with Gasteiger partial charge in [-0.3, -0.25) is 0 Å². The van der Waals surface area contributed by atoms with E-state index in [4.69, 9.17) is 11.1 Å². The number of rotatable bonds is 8. The molecule has 0 radical (unpaired) electrons. The summed E-state index contributed by atoms with van der Waals surface area (Å²) in [6.07, 6.45) is 7.94. The molecule has 0 aliphatic heterocycles. The molecule has 0 spiro atoms. The summed E-state index contributed by atoms with van der Waals surface area (Å²) in [6, 6.07) is -0.0224. The Hall–Kier alpha value is -1.61. The first-order valence-electron chi connectivity index (χ1n) is 7.17. The summed E-state index contributed by atoms with van der Waals surface area (Å²) in [5, 5.41) is 10.9. The molecule has 0 saturated heterocycles. The zero-order chi connectivity index (χ0) is 15.1. The van der Waals surface area contributed by atoms with Gasteiger partial charge in [0.05, 0.1) is 0 Å². The van der Waals surface area contributed by atoms with Crippen LogP contribution in [-0.4, -0.2) is 18.3 Å². The Morgan fingerprint density at radius 3 is 2.55 bits per heavy atom. The molecule has 0 aromatic rings. The Morgan fingerprint density at radius 2 is 2.05 bits per heavy atom. The molecule has 0 bridgehead atoms. The van der Waals surface area contributed by atoms with Crippen molar-refractivity contribution in [3.8, 4) is 0 Å². The van der Waals surface area contributed by atoms with Gasteiger partial charge in [-0.1, -0.05) is 29.9 Å². The molecular weight excluding hydrogens is 246 g/mol. The Morgan fingerprint density at radius 1 is 1.35 bits per heavy atom. The first-order chi connectivity index (χ1) is 9.40. The van der Waals surface area contributed by atoms with Gasteiger partial charge in [0.2, 0.25) is 0 Å². The highest BCUT2D eigenvalue weighted by atomic mass is 14.9. The average molecular weight is 273 g/mol. The largest absolute Gasteiger partial charge is 0.384 e. The smallest absolute Gasteiger partial charge is 0.0441 e. The van der Waals surface area contributed by atoms with Crippen molar-refractivity contribution in [2.45, 2.75) is 45.6 Å². The van der Waals surface area contributed by atoms with Crippen molar-refractivity contribution in [2.24, 2.45) is 5.73 Å². The van der Waals surface area contributed by atoms with Gasteiger partial charge in [-0.2, -0.15) is 0 Å². The third-order valence-corrected chi connectivity index (χ3v) is 3.59. The fourth-order valence-electron chi connectivity index (χ4n) is 2.07. The average Bonchev–Trinajstić information content (AvgIpc) is 2.42. The third kappa shape index (κ3) is 5.57. The molecule has 4 N–H and O–H groups in total. The van der Waals surface area contributed by atoms with Crippen molar-refractivity contribution in [2.75, 3.05) is 6.54 Å². The molecule has 3 heteroatoms. The molecule has 0 aromatic carbocycles. The lowest BCUT2D eigenvalue weighted by atomic mass is 9.95. The van der Waals surface area contributed by atoms with E-state index in [0.717, 1.165) is 49.1 Å². The van der Waals surface area contributed by atoms with Gasteiger partial charge < -0.3 is 16.5 Å². The summed E-state index contributed by atoms with van der Waals surface area (Å²) in [5.41, 5.74) is 11.3. The second kappa shape index (κ2) is 7.85. The Balaban J connectivity index is 2.38. The predicted octanol–water partition coefficient (Wildman–Crippen LogP) is 3.46. The normalized spacial score (nSPS) is 15.9. The van der Waals surface area contributed by atoms with Gasteiger partial charge in [-0.25, -0.2) is 0 Å².